The third kappa shape index (κ3) is 77.4. The van der Waals surface area contributed by atoms with E-state index < -0.39 is 67.5 Å². The predicted molar refractivity (Wildman–Crippen MR) is 404 cm³/mol. The zero-order chi connectivity index (χ0) is 70.8. The van der Waals surface area contributed by atoms with E-state index in [1.54, 1.807) is 0 Å². The van der Waals surface area contributed by atoms with Crippen molar-refractivity contribution in [2.24, 2.45) is 0 Å². The molecule has 0 fully saturated rings. The van der Waals surface area contributed by atoms with Crippen molar-refractivity contribution in [1.29, 1.82) is 0 Å². The van der Waals surface area contributed by atoms with Gasteiger partial charge in [-0.25, -0.2) is 16.8 Å². The third-order valence-electron chi connectivity index (χ3n) is 18.9. The average Bonchev–Trinajstić information content (AvgIpc) is 0.908. The fraction of sp³-hybridized carbons (Fsp3) is 0.950. The average molecular weight is 1440 g/mol. The van der Waals surface area contributed by atoms with E-state index in [1.165, 1.54) is 308 Å². The molecule has 14 nitrogen and oxygen atoms in total. The Balaban J connectivity index is -0.00000180. The van der Waals surface area contributed by atoms with Gasteiger partial charge in [-0.15, -0.1) is 0 Å². The van der Waals surface area contributed by atoms with Gasteiger partial charge >= 0.3 is 61.6 Å². The van der Waals surface area contributed by atoms with Crippen LogP contribution >= 0.6 is 0 Å². The molecule has 0 radical (unpaired) electrons. The fourth-order valence-corrected chi connectivity index (χ4v) is 13.8. The number of hydrogen-bond donors (Lipinski definition) is 0. The van der Waals surface area contributed by atoms with Crippen LogP contribution in [0.2, 0.25) is 0 Å². The second-order valence-corrected chi connectivity index (χ2v) is 31.5. The van der Waals surface area contributed by atoms with Crippen molar-refractivity contribution in [3.63, 3.8) is 0 Å². The molecule has 0 aromatic heterocycles. The first kappa shape index (κ1) is 100. The smallest absolute Gasteiger partial charge is 0.747 e. The number of carbonyl (C=O) groups is 4. The van der Waals surface area contributed by atoms with Crippen LogP contribution in [0.3, 0.4) is 0 Å². The van der Waals surface area contributed by atoms with E-state index in [4.69, 9.17) is 18.9 Å². The minimum Gasteiger partial charge on any atom is -0.747 e. The van der Waals surface area contributed by atoms with Gasteiger partial charge in [0.15, 0.2) is 10.5 Å². The second kappa shape index (κ2) is 79.1. The molecule has 2 atom stereocenters. The summed E-state index contributed by atoms with van der Waals surface area (Å²) in [6, 6.07) is 0. The first-order valence-corrected chi connectivity index (χ1v) is 44.1. The van der Waals surface area contributed by atoms with E-state index in [0.717, 1.165) is 77.0 Å². The Hall–Kier alpha value is -1.04. The molecule has 0 aliphatic heterocycles. The minimum absolute atomic E-state index is 0. The summed E-state index contributed by atoms with van der Waals surface area (Å²) in [4.78, 5) is 48.9. The number of ether oxygens (including phenoxy) is 4. The number of unbranched alkanes of at least 4 members (excludes halogenated alkanes) is 60. The van der Waals surface area contributed by atoms with E-state index in [1.807, 2.05) is 0 Å². The number of rotatable bonds is 76. The summed E-state index contributed by atoms with van der Waals surface area (Å²) < 4.78 is 90.3. The molecule has 0 rings (SSSR count). The van der Waals surface area contributed by atoms with Crippen LogP contribution in [0, 0.1) is 0 Å². The quantitative estimate of drug-likeness (QED) is 0.0182. The first-order valence-electron chi connectivity index (χ1n) is 41.2. The van der Waals surface area contributed by atoms with Crippen molar-refractivity contribution in [2.45, 2.75) is 462 Å². The third-order valence-corrected chi connectivity index (χ3v) is 21.0. The standard InChI is InChI=1S/2C40H78O7S.Ca/c2*1-3-5-7-9-11-13-15-17-19-21-23-25-27-29-31-33-35-46-39(41)37-38(48(43,44)45)40(42)47-36-34-32-30-28-26-24-22-20-18-16-14-12-10-8-6-4-2;/h2*38H,3-37H2,1-2H3,(H,43,44,45);/q;;+2/p-2. The molecule has 0 aliphatic rings. The van der Waals surface area contributed by atoms with Crippen molar-refractivity contribution >= 4 is 81.9 Å². The number of carbonyl (C=O) groups excluding carboxylic acids is 4. The monoisotopic (exact) mass is 1440 g/mol. The Morgan fingerprint density at radius 2 is 0.351 bits per heavy atom. The Morgan fingerprint density at radius 1 is 0.227 bits per heavy atom. The van der Waals surface area contributed by atoms with Gasteiger partial charge in [-0.1, -0.05) is 413 Å². The molecular weight excluding hydrogens is 1290 g/mol. The zero-order valence-electron chi connectivity index (χ0n) is 63.9. The molecule has 0 aliphatic carbocycles. The maximum absolute atomic E-state index is 12.3. The first-order chi connectivity index (χ1) is 46.6. The molecule has 0 N–H and O–H groups in total. The van der Waals surface area contributed by atoms with E-state index in [-0.39, 0.29) is 64.2 Å². The van der Waals surface area contributed by atoms with Crippen molar-refractivity contribution in [2.75, 3.05) is 26.4 Å². The van der Waals surface area contributed by atoms with Crippen LogP contribution in [-0.2, 0) is 58.4 Å². The fourth-order valence-electron chi connectivity index (χ4n) is 12.5. The summed E-state index contributed by atoms with van der Waals surface area (Å²) in [7, 11) is -10.0. The van der Waals surface area contributed by atoms with Gasteiger partial charge in [-0.2, -0.15) is 0 Å². The van der Waals surface area contributed by atoms with Crippen LogP contribution in [0.5, 0.6) is 0 Å². The summed E-state index contributed by atoms with van der Waals surface area (Å²) in [6.07, 6.45) is 77.5. The van der Waals surface area contributed by atoms with Crippen LogP contribution < -0.4 is 0 Å². The van der Waals surface area contributed by atoms with Gasteiger partial charge in [-0.3, -0.25) is 19.2 Å². The Labute approximate surface area is 629 Å². The molecule has 97 heavy (non-hydrogen) atoms. The summed E-state index contributed by atoms with van der Waals surface area (Å²) in [5.41, 5.74) is 0. The van der Waals surface area contributed by atoms with Gasteiger partial charge in [0.2, 0.25) is 0 Å². The van der Waals surface area contributed by atoms with Gasteiger partial charge in [0.25, 0.3) is 0 Å². The van der Waals surface area contributed by atoms with Crippen molar-refractivity contribution in [3.05, 3.63) is 0 Å². The molecule has 2 unspecified atom stereocenters. The van der Waals surface area contributed by atoms with Crippen LogP contribution in [-0.4, -0.2) is 124 Å². The Morgan fingerprint density at radius 3 is 0.485 bits per heavy atom. The molecular formula is C80H154CaO14S2. The molecule has 0 aromatic rings. The van der Waals surface area contributed by atoms with E-state index in [2.05, 4.69) is 27.7 Å². The summed E-state index contributed by atoms with van der Waals surface area (Å²) >= 11 is 0. The molecule has 0 aromatic carbocycles. The summed E-state index contributed by atoms with van der Waals surface area (Å²) in [5, 5.41) is -4.09. The number of hydrogen-bond acceptors (Lipinski definition) is 14. The van der Waals surface area contributed by atoms with E-state index in [0.29, 0.717) is 25.7 Å². The largest absolute Gasteiger partial charge is 2.00 e. The molecule has 0 spiro atoms. The number of esters is 4. The second-order valence-electron chi connectivity index (χ2n) is 28.4. The molecule has 0 bridgehead atoms. The Bertz CT molecular complexity index is 1770. The molecule has 0 saturated carbocycles. The van der Waals surface area contributed by atoms with Gasteiger partial charge in [0.1, 0.15) is 20.2 Å². The molecule has 17 heteroatoms. The van der Waals surface area contributed by atoms with Crippen LogP contribution in [0.4, 0.5) is 0 Å². The maximum atomic E-state index is 12.3. The molecule has 0 saturated heterocycles. The van der Waals surface area contributed by atoms with E-state index >= 15 is 0 Å². The molecule has 0 amide bonds. The Kier molecular flexibility index (Phi) is 81.6. The minimum atomic E-state index is -5.02. The van der Waals surface area contributed by atoms with Gasteiger partial charge in [-0.05, 0) is 25.7 Å². The SMILES string of the molecule is CCCCCCCCCCCCCCCCCCOC(=O)CC(C(=O)OCCCCCCCCCCCCCCCCCC)S(=O)(=O)[O-].CCCCCCCCCCCCCCCCCCOC(=O)CC(C(=O)OCCCCCCCCCCCCCCCCCC)S(=O)(=O)[O-].[Ca+2]. The predicted octanol–water partition coefficient (Wildman–Crippen LogP) is 23.4. The van der Waals surface area contributed by atoms with Crippen molar-refractivity contribution in [1.82, 2.24) is 0 Å². The van der Waals surface area contributed by atoms with Gasteiger partial charge in [0.05, 0.1) is 39.3 Å². The van der Waals surface area contributed by atoms with Gasteiger partial charge < -0.3 is 28.1 Å². The van der Waals surface area contributed by atoms with Crippen LogP contribution in [0.1, 0.15) is 451 Å². The van der Waals surface area contributed by atoms with E-state index in [9.17, 15) is 45.1 Å². The van der Waals surface area contributed by atoms with Crippen molar-refractivity contribution < 1.29 is 64.1 Å². The molecule has 572 valence electrons. The maximum Gasteiger partial charge on any atom is 2.00 e. The molecule has 0 heterocycles. The summed E-state index contributed by atoms with van der Waals surface area (Å²) in [5.74, 6) is -3.99. The van der Waals surface area contributed by atoms with Gasteiger partial charge in [0, 0.05) is 0 Å². The topological polar surface area (TPSA) is 220 Å². The zero-order valence-corrected chi connectivity index (χ0v) is 67.7. The van der Waals surface area contributed by atoms with Crippen molar-refractivity contribution in [3.8, 4) is 0 Å². The normalized spacial score (nSPS) is 12.2. The summed E-state index contributed by atoms with van der Waals surface area (Å²) in [6.45, 7) is 9.46. The van der Waals surface area contributed by atoms with Crippen LogP contribution in [0.25, 0.3) is 0 Å². The van der Waals surface area contributed by atoms with Crippen LogP contribution in [0.15, 0.2) is 0 Å².